The quantitative estimate of drug-likeness (QED) is 0.607. The smallest absolute Gasteiger partial charge is 0.282 e. The van der Waals surface area contributed by atoms with Crippen LogP contribution in [0.3, 0.4) is 0 Å². The molecule has 144 valence electrons. The van der Waals surface area contributed by atoms with Gasteiger partial charge < -0.3 is 5.32 Å². The summed E-state index contributed by atoms with van der Waals surface area (Å²) in [6, 6.07) is 20.2. The predicted octanol–water partition coefficient (Wildman–Crippen LogP) is 5.18. The second-order valence-electron chi connectivity index (χ2n) is 6.65. The first-order valence-corrected chi connectivity index (χ1v) is 9.31. The SMILES string of the molecule is Cc1ccc(NC2=C(c3ccccc3)C(=O)N(c3ccc(F)c(Cl)c3)C2=O)cc1. The lowest BCUT2D eigenvalue weighted by atomic mass is 10.0. The summed E-state index contributed by atoms with van der Waals surface area (Å²) < 4.78 is 13.6. The van der Waals surface area contributed by atoms with E-state index in [1.165, 1.54) is 12.1 Å². The molecule has 6 heteroatoms. The van der Waals surface area contributed by atoms with Crippen molar-refractivity contribution in [2.45, 2.75) is 6.92 Å². The monoisotopic (exact) mass is 406 g/mol. The third-order valence-electron chi connectivity index (χ3n) is 4.63. The molecule has 0 unspecified atom stereocenters. The minimum atomic E-state index is -0.622. The Morgan fingerprint density at radius 2 is 1.59 bits per heavy atom. The molecule has 1 aliphatic heterocycles. The molecule has 0 aliphatic carbocycles. The molecular weight excluding hydrogens is 391 g/mol. The maximum atomic E-state index is 13.6. The topological polar surface area (TPSA) is 49.4 Å². The van der Waals surface area contributed by atoms with Crippen LogP contribution in [0.1, 0.15) is 11.1 Å². The fourth-order valence-corrected chi connectivity index (χ4v) is 3.33. The van der Waals surface area contributed by atoms with Gasteiger partial charge in [-0.15, -0.1) is 0 Å². The summed E-state index contributed by atoms with van der Waals surface area (Å²) >= 11 is 5.87. The number of rotatable bonds is 4. The predicted molar refractivity (Wildman–Crippen MR) is 112 cm³/mol. The first-order chi connectivity index (χ1) is 14.0. The zero-order chi connectivity index (χ0) is 20.5. The van der Waals surface area contributed by atoms with Crippen LogP contribution in [0.2, 0.25) is 5.02 Å². The van der Waals surface area contributed by atoms with Gasteiger partial charge in [0.1, 0.15) is 11.5 Å². The number of nitrogens with one attached hydrogen (secondary N) is 1. The molecule has 4 rings (SSSR count). The maximum Gasteiger partial charge on any atom is 0.282 e. The van der Waals surface area contributed by atoms with Gasteiger partial charge in [-0.1, -0.05) is 59.6 Å². The van der Waals surface area contributed by atoms with Crippen LogP contribution in [0.5, 0.6) is 0 Å². The van der Waals surface area contributed by atoms with Crippen LogP contribution in [0.25, 0.3) is 5.57 Å². The lowest BCUT2D eigenvalue weighted by Crippen LogP contribution is -2.32. The van der Waals surface area contributed by atoms with E-state index in [4.69, 9.17) is 11.6 Å². The molecule has 1 aliphatic rings. The number of nitrogens with zero attached hydrogens (tertiary/aromatic N) is 1. The molecule has 3 aromatic carbocycles. The normalized spacial score (nSPS) is 14.0. The number of amides is 2. The summed E-state index contributed by atoms with van der Waals surface area (Å²) in [5, 5.41) is 2.92. The highest BCUT2D eigenvalue weighted by atomic mass is 35.5. The van der Waals surface area contributed by atoms with E-state index in [0.29, 0.717) is 11.3 Å². The number of hydrogen-bond acceptors (Lipinski definition) is 3. The van der Waals surface area contributed by atoms with Gasteiger partial charge >= 0.3 is 0 Å². The van der Waals surface area contributed by atoms with Gasteiger partial charge in [0.25, 0.3) is 11.8 Å². The van der Waals surface area contributed by atoms with E-state index in [9.17, 15) is 14.0 Å². The molecular formula is C23H16ClFN2O2. The fraction of sp³-hybridized carbons (Fsp3) is 0.0435. The zero-order valence-corrected chi connectivity index (χ0v) is 16.2. The Morgan fingerprint density at radius 1 is 0.897 bits per heavy atom. The van der Waals surface area contributed by atoms with Gasteiger partial charge in [-0.05, 0) is 42.8 Å². The van der Waals surface area contributed by atoms with E-state index < -0.39 is 17.6 Å². The van der Waals surface area contributed by atoms with Crippen molar-refractivity contribution < 1.29 is 14.0 Å². The number of hydrogen-bond donors (Lipinski definition) is 1. The van der Waals surface area contributed by atoms with Gasteiger partial charge in [0.2, 0.25) is 0 Å². The van der Waals surface area contributed by atoms with Crippen molar-refractivity contribution in [2.24, 2.45) is 0 Å². The van der Waals surface area contributed by atoms with Crippen LogP contribution in [0.4, 0.5) is 15.8 Å². The highest BCUT2D eigenvalue weighted by molar-refractivity contribution is 6.46. The van der Waals surface area contributed by atoms with E-state index >= 15 is 0 Å². The van der Waals surface area contributed by atoms with Gasteiger partial charge in [0, 0.05) is 5.69 Å². The number of aryl methyl sites for hydroxylation is 1. The first-order valence-electron chi connectivity index (χ1n) is 8.93. The number of anilines is 2. The zero-order valence-electron chi connectivity index (χ0n) is 15.4. The minimum Gasteiger partial charge on any atom is -0.350 e. The maximum absolute atomic E-state index is 13.6. The summed E-state index contributed by atoms with van der Waals surface area (Å²) in [7, 11) is 0. The Hall–Kier alpha value is -3.44. The third kappa shape index (κ3) is 3.52. The van der Waals surface area contributed by atoms with Gasteiger partial charge in [-0.2, -0.15) is 0 Å². The van der Waals surface area contributed by atoms with Crippen molar-refractivity contribution in [1.29, 1.82) is 0 Å². The van der Waals surface area contributed by atoms with E-state index in [2.05, 4.69) is 5.32 Å². The molecule has 3 aromatic rings. The fourth-order valence-electron chi connectivity index (χ4n) is 3.16. The first kappa shape index (κ1) is 18.9. The minimum absolute atomic E-state index is 0.158. The number of halogens is 2. The standard InChI is InChI=1S/C23H16ClFN2O2/c1-14-7-9-16(10-8-14)26-21-20(15-5-3-2-4-6-15)22(28)27(23(21)29)17-11-12-19(25)18(24)13-17/h2-13,26H,1H3. The summed E-state index contributed by atoms with van der Waals surface area (Å²) in [4.78, 5) is 27.5. The summed E-state index contributed by atoms with van der Waals surface area (Å²) in [5.74, 6) is -1.65. The number of imide groups is 1. The Bertz CT molecular complexity index is 1140. The highest BCUT2D eigenvalue weighted by Gasteiger charge is 2.40. The van der Waals surface area contributed by atoms with Crippen LogP contribution in [-0.4, -0.2) is 11.8 Å². The van der Waals surface area contributed by atoms with Crippen LogP contribution in [0.15, 0.2) is 78.5 Å². The van der Waals surface area contributed by atoms with Crippen molar-refractivity contribution >= 4 is 40.4 Å². The van der Waals surface area contributed by atoms with Crippen LogP contribution >= 0.6 is 11.6 Å². The van der Waals surface area contributed by atoms with Crippen LogP contribution < -0.4 is 10.2 Å². The van der Waals surface area contributed by atoms with Gasteiger partial charge in [-0.25, -0.2) is 9.29 Å². The van der Waals surface area contributed by atoms with Gasteiger partial charge in [0.15, 0.2) is 0 Å². The number of carbonyl (C=O) groups is 2. The average Bonchev–Trinajstić information content (AvgIpc) is 2.96. The molecule has 1 heterocycles. The Balaban J connectivity index is 1.81. The molecule has 29 heavy (non-hydrogen) atoms. The molecule has 0 fully saturated rings. The summed E-state index contributed by atoms with van der Waals surface area (Å²) in [6.07, 6.45) is 0. The molecule has 0 atom stereocenters. The molecule has 0 radical (unpaired) electrons. The van der Waals surface area contributed by atoms with Crippen molar-refractivity contribution in [3.63, 3.8) is 0 Å². The lowest BCUT2D eigenvalue weighted by Gasteiger charge is -2.16. The third-order valence-corrected chi connectivity index (χ3v) is 4.92. The average molecular weight is 407 g/mol. The van der Waals surface area contributed by atoms with Gasteiger partial charge in [-0.3, -0.25) is 9.59 Å². The molecule has 0 aromatic heterocycles. The summed E-state index contributed by atoms with van der Waals surface area (Å²) in [5.41, 5.74) is 2.97. The Kier molecular flexibility index (Phi) is 4.91. The molecule has 2 amide bonds. The molecule has 0 bridgehead atoms. The van der Waals surface area contributed by atoms with E-state index in [-0.39, 0.29) is 22.0 Å². The Morgan fingerprint density at radius 3 is 2.24 bits per heavy atom. The lowest BCUT2D eigenvalue weighted by molar-refractivity contribution is -0.120. The van der Waals surface area contributed by atoms with Crippen LogP contribution in [-0.2, 0) is 9.59 Å². The largest absolute Gasteiger partial charge is 0.350 e. The molecule has 4 nitrogen and oxygen atoms in total. The summed E-state index contributed by atoms with van der Waals surface area (Å²) in [6.45, 7) is 1.96. The molecule has 0 saturated heterocycles. The van der Waals surface area contributed by atoms with Crippen LogP contribution in [0, 0.1) is 12.7 Å². The van der Waals surface area contributed by atoms with Gasteiger partial charge in [0.05, 0.1) is 16.3 Å². The molecule has 1 N–H and O–H groups in total. The molecule has 0 saturated carbocycles. The molecule has 0 spiro atoms. The van der Waals surface area contributed by atoms with Crippen molar-refractivity contribution in [3.8, 4) is 0 Å². The van der Waals surface area contributed by atoms with Crippen molar-refractivity contribution in [3.05, 3.63) is 100 Å². The second-order valence-corrected chi connectivity index (χ2v) is 7.06. The second kappa shape index (κ2) is 7.53. The van der Waals surface area contributed by atoms with E-state index in [1.54, 1.807) is 24.3 Å². The van der Waals surface area contributed by atoms with Crippen molar-refractivity contribution in [2.75, 3.05) is 10.2 Å². The van der Waals surface area contributed by atoms with Crippen molar-refractivity contribution in [1.82, 2.24) is 0 Å². The van der Waals surface area contributed by atoms with E-state index in [0.717, 1.165) is 16.5 Å². The van der Waals surface area contributed by atoms with E-state index in [1.807, 2.05) is 37.3 Å². The number of benzene rings is 3. The Labute approximate surface area is 172 Å². The number of carbonyl (C=O) groups excluding carboxylic acids is 2. The highest BCUT2D eigenvalue weighted by Crippen LogP contribution is 2.35.